The number of aromatic nitrogens is 2. The topological polar surface area (TPSA) is 61.0 Å². The SMILES string of the molecule is CC1(c2nc(N)c(Br)c(C3CC3)n2)CCCO1. The molecule has 92 valence electrons. The third-order valence-electron chi connectivity index (χ3n) is 3.56. The van der Waals surface area contributed by atoms with E-state index in [4.69, 9.17) is 10.5 Å². The second-order valence-corrected chi connectivity index (χ2v) is 5.88. The van der Waals surface area contributed by atoms with Crippen molar-refractivity contribution in [2.45, 2.75) is 44.1 Å². The van der Waals surface area contributed by atoms with Gasteiger partial charge in [-0.2, -0.15) is 0 Å². The molecule has 0 radical (unpaired) electrons. The molecule has 1 atom stereocenters. The average Bonchev–Trinajstić information content (AvgIpc) is 3.05. The van der Waals surface area contributed by atoms with E-state index in [2.05, 4.69) is 32.8 Å². The number of ether oxygens (including phenoxy) is 1. The lowest BCUT2D eigenvalue weighted by Gasteiger charge is -2.22. The lowest BCUT2D eigenvalue weighted by molar-refractivity contribution is 0.00925. The minimum absolute atomic E-state index is 0.349. The zero-order valence-electron chi connectivity index (χ0n) is 9.87. The van der Waals surface area contributed by atoms with Gasteiger partial charge in [0.1, 0.15) is 11.4 Å². The number of anilines is 1. The number of hydrogen-bond acceptors (Lipinski definition) is 4. The fraction of sp³-hybridized carbons (Fsp3) is 0.667. The van der Waals surface area contributed by atoms with Crippen LogP contribution >= 0.6 is 15.9 Å². The average molecular weight is 298 g/mol. The van der Waals surface area contributed by atoms with Gasteiger partial charge in [0, 0.05) is 12.5 Å². The summed E-state index contributed by atoms with van der Waals surface area (Å²) >= 11 is 3.49. The van der Waals surface area contributed by atoms with E-state index in [1.54, 1.807) is 0 Å². The predicted octanol–water partition coefficient (Wildman–Crippen LogP) is 2.72. The van der Waals surface area contributed by atoms with Gasteiger partial charge >= 0.3 is 0 Å². The Hall–Kier alpha value is -0.680. The third kappa shape index (κ3) is 1.95. The van der Waals surface area contributed by atoms with E-state index < -0.39 is 0 Å². The smallest absolute Gasteiger partial charge is 0.162 e. The number of nitrogen functional groups attached to an aromatic ring is 1. The maximum absolute atomic E-state index is 5.96. The summed E-state index contributed by atoms with van der Waals surface area (Å²) in [6, 6.07) is 0. The van der Waals surface area contributed by atoms with Gasteiger partial charge in [0.15, 0.2) is 5.82 Å². The van der Waals surface area contributed by atoms with Gasteiger partial charge in [-0.15, -0.1) is 0 Å². The molecule has 2 heterocycles. The first-order chi connectivity index (χ1) is 8.10. The van der Waals surface area contributed by atoms with Crippen LogP contribution in [0.3, 0.4) is 0 Å². The van der Waals surface area contributed by atoms with Gasteiger partial charge in [-0.25, -0.2) is 9.97 Å². The zero-order valence-corrected chi connectivity index (χ0v) is 11.5. The van der Waals surface area contributed by atoms with Gasteiger partial charge in [0.2, 0.25) is 0 Å². The number of hydrogen-bond donors (Lipinski definition) is 1. The molecular formula is C12H16BrN3O. The summed E-state index contributed by atoms with van der Waals surface area (Å²) in [5.74, 6) is 1.84. The van der Waals surface area contributed by atoms with Crippen LogP contribution < -0.4 is 5.73 Å². The van der Waals surface area contributed by atoms with Crippen molar-refractivity contribution < 1.29 is 4.74 Å². The van der Waals surface area contributed by atoms with Crippen LogP contribution in [0.4, 0.5) is 5.82 Å². The van der Waals surface area contributed by atoms with Crippen LogP contribution in [0.1, 0.15) is 50.0 Å². The molecule has 4 nitrogen and oxygen atoms in total. The Morgan fingerprint density at radius 2 is 2.18 bits per heavy atom. The molecular weight excluding hydrogens is 282 g/mol. The van der Waals surface area contributed by atoms with E-state index in [0.29, 0.717) is 11.7 Å². The molecule has 17 heavy (non-hydrogen) atoms. The first-order valence-electron chi connectivity index (χ1n) is 6.07. The van der Waals surface area contributed by atoms with Crippen molar-refractivity contribution in [2.75, 3.05) is 12.3 Å². The largest absolute Gasteiger partial charge is 0.383 e. The third-order valence-corrected chi connectivity index (χ3v) is 4.37. The van der Waals surface area contributed by atoms with Crippen molar-refractivity contribution in [2.24, 2.45) is 0 Å². The normalized spacial score (nSPS) is 28.6. The molecule has 1 aromatic heterocycles. The number of nitrogens with two attached hydrogens (primary N) is 1. The van der Waals surface area contributed by atoms with Crippen LogP contribution in [0.2, 0.25) is 0 Å². The van der Waals surface area contributed by atoms with Crippen LogP contribution in [0.15, 0.2) is 4.47 Å². The molecule has 1 aliphatic heterocycles. The fourth-order valence-electron chi connectivity index (χ4n) is 2.30. The van der Waals surface area contributed by atoms with Crippen LogP contribution in [-0.2, 0) is 10.3 Å². The Labute approximate surface area is 109 Å². The maximum atomic E-state index is 5.96. The van der Waals surface area contributed by atoms with Crippen LogP contribution in [0.25, 0.3) is 0 Å². The van der Waals surface area contributed by atoms with Crippen LogP contribution in [0.5, 0.6) is 0 Å². The zero-order chi connectivity index (χ0) is 12.0. The minimum Gasteiger partial charge on any atom is -0.383 e. The van der Waals surface area contributed by atoms with Gasteiger partial charge in [0.25, 0.3) is 0 Å². The number of rotatable bonds is 2. The summed E-state index contributed by atoms with van der Waals surface area (Å²) in [5.41, 5.74) is 6.67. The van der Waals surface area contributed by atoms with E-state index in [1.807, 2.05) is 0 Å². The Morgan fingerprint density at radius 1 is 1.41 bits per heavy atom. The van der Waals surface area contributed by atoms with Crippen molar-refractivity contribution in [3.8, 4) is 0 Å². The maximum Gasteiger partial charge on any atom is 0.162 e. The molecule has 0 amide bonds. The lowest BCUT2D eigenvalue weighted by Crippen LogP contribution is -2.24. The Morgan fingerprint density at radius 3 is 2.76 bits per heavy atom. The predicted molar refractivity (Wildman–Crippen MR) is 68.7 cm³/mol. The molecule has 1 unspecified atom stereocenters. The first-order valence-corrected chi connectivity index (χ1v) is 6.87. The summed E-state index contributed by atoms with van der Waals surface area (Å²) in [5, 5.41) is 0. The van der Waals surface area contributed by atoms with Crippen molar-refractivity contribution in [1.82, 2.24) is 9.97 Å². The molecule has 0 aromatic carbocycles. The molecule has 2 N–H and O–H groups in total. The van der Waals surface area contributed by atoms with Crippen LogP contribution in [0, 0.1) is 0 Å². The molecule has 1 saturated carbocycles. The van der Waals surface area contributed by atoms with Crippen molar-refractivity contribution in [3.63, 3.8) is 0 Å². The highest BCUT2D eigenvalue weighted by Crippen LogP contribution is 2.44. The highest BCUT2D eigenvalue weighted by atomic mass is 79.9. The molecule has 0 spiro atoms. The van der Waals surface area contributed by atoms with Gasteiger partial charge in [0.05, 0.1) is 10.2 Å². The van der Waals surface area contributed by atoms with E-state index in [1.165, 1.54) is 12.8 Å². The second-order valence-electron chi connectivity index (χ2n) is 5.09. The van der Waals surface area contributed by atoms with Gasteiger partial charge in [-0.1, -0.05) is 0 Å². The summed E-state index contributed by atoms with van der Waals surface area (Å²) in [7, 11) is 0. The molecule has 2 aliphatic rings. The number of nitrogens with zero attached hydrogens (tertiary/aromatic N) is 2. The van der Waals surface area contributed by atoms with E-state index in [-0.39, 0.29) is 5.60 Å². The number of halogens is 1. The van der Waals surface area contributed by atoms with Gasteiger partial charge in [-0.05, 0) is 48.5 Å². The van der Waals surface area contributed by atoms with Gasteiger partial charge < -0.3 is 10.5 Å². The second kappa shape index (κ2) is 3.92. The first kappa shape index (κ1) is 11.4. The summed E-state index contributed by atoms with van der Waals surface area (Å²) in [6.07, 6.45) is 4.44. The monoisotopic (exact) mass is 297 g/mol. The van der Waals surface area contributed by atoms with Crippen molar-refractivity contribution >= 4 is 21.7 Å². The van der Waals surface area contributed by atoms with Gasteiger partial charge in [-0.3, -0.25) is 0 Å². The Kier molecular flexibility index (Phi) is 2.63. The quantitative estimate of drug-likeness (QED) is 0.912. The van der Waals surface area contributed by atoms with E-state index in [0.717, 1.165) is 35.4 Å². The fourth-order valence-corrected chi connectivity index (χ4v) is 2.80. The summed E-state index contributed by atoms with van der Waals surface area (Å²) in [6.45, 7) is 2.84. The van der Waals surface area contributed by atoms with E-state index in [9.17, 15) is 0 Å². The Bertz CT molecular complexity index is 453. The van der Waals surface area contributed by atoms with E-state index >= 15 is 0 Å². The standard InChI is InChI=1S/C12H16BrN3O/c1-12(5-2-6-17-12)11-15-9(7-3-4-7)8(13)10(14)16-11/h7H,2-6H2,1H3,(H2,14,15,16). The molecule has 1 saturated heterocycles. The van der Waals surface area contributed by atoms with Crippen molar-refractivity contribution in [3.05, 3.63) is 16.0 Å². The molecule has 1 aliphatic carbocycles. The van der Waals surface area contributed by atoms with Crippen LogP contribution in [-0.4, -0.2) is 16.6 Å². The summed E-state index contributed by atoms with van der Waals surface area (Å²) < 4.78 is 6.65. The lowest BCUT2D eigenvalue weighted by atomic mass is 10.0. The highest BCUT2D eigenvalue weighted by Gasteiger charge is 2.37. The van der Waals surface area contributed by atoms with Crippen molar-refractivity contribution in [1.29, 1.82) is 0 Å². The summed E-state index contributed by atoms with van der Waals surface area (Å²) in [4.78, 5) is 9.08. The Balaban J connectivity index is 2.05. The molecule has 2 fully saturated rings. The molecule has 0 bridgehead atoms. The minimum atomic E-state index is -0.349. The molecule has 1 aromatic rings. The molecule has 5 heteroatoms. The highest BCUT2D eigenvalue weighted by molar-refractivity contribution is 9.10. The molecule has 3 rings (SSSR count).